The molecule has 1 amide bonds. The molecule has 2 rings (SSSR count). The van der Waals surface area contributed by atoms with E-state index in [2.05, 4.69) is 10.6 Å². The predicted octanol–water partition coefficient (Wildman–Crippen LogP) is 2.56. The Bertz CT molecular complexity index is 463. The summed E-state index contributed by atoms with van der Waals surface area (Å²) in [5, 5.41) is 6.95. The SMILES string of the molecule is Cc1cc(OCC(=O)NCC2CCCNC2)ccc1Cl.Cl. The largest absolute Gasteiger partial charge is 0.484 e. The number of benzene rings is 1. The molecule has 0 bridgehead atoms. The molecule has 0 saturated carbocycles. The van der Waals surface area contributed by atoms with Crippen molar-refractivity contribution in [3.05, 3.63) is 28.8 Å². The summed E-state index contributed by atoms with van der Waals surface area (Å²) in [4.78, 5) is 11.7. The number of amides is 1. The number of hydrogen-bond donors (Lipinski definition) is 2. The summed E-state index contributed by atoms with van der Waals surface area (Å²) in [5.41, 5.74) is 0.942. The van der Waals surface area contributed by atoms with Gasteiger partial charge in [0, 0.05) is 11.6 Å². The van der Waals surface area contributed by atoms with E-state index in [-0.39, 0.29) is 24.9 Å². The number of rotatable bonds is 5. The van der Waals surface area contributed by atoms with E-state index in [0.717, 1.165) is 25.2 Å². The predicted molar refractivity (Wildman–Crippen MR) is 87.5 cm³/mol. The van der Waals surface area contributed by atoms with Crippen LogP contribution < -0.4 is 15.4 Å². The lowest BCUT2D eigenvalue weighted by molar-refractivity contribution is -0.123. The minimum atomic E-state index is -0.0804. The van der Waals surface area contributed by atoms with Crippen LogP contribution in [0.2, 0.25) is 5.02 Å². The van der Waals surface area contributed by atoms with Crippen molar-refractivity contribution in [2.75, 3.05) is 26.2 Å². The van der Waals surface area contributed by atoms with Crippen molar-refractivity contribution in [3.63, 3.8) is 0 Å². The van der Waals surface area contributed by atoms with Crippen LogP contribution in [0.15, 0.2) is 18.2 Å². The summed E-state index contributed by atoms with van der Waals surface area (Å²) in [5.74, 6) is 1.12. The molecule has 1 aromatic rings. The summed E-state index contributed by atoms with van der Waals surface area (Å²) in [6.45, 7) is 4.74. The van der Waals surface area contributed by atoms with Gasteiger partial charge >= 0.3 is 0 Å². The van der Waals surface area contributed by atoms with E-state index in [9.17, 15) is 4.79 Å². The lowest BCUT2D eigenvalue weighted by Gasteiger charge is -2.22. The van der Waals surface area contributed by atoms with Gasteiger partial charge in [-0.15, -0.1) is 12.4 Å². The van der Waals surface area contributed by atoms with Gasteiger partial charge in [-0.1, -0.05) is 11.6 Å². The zero-order valence-corrected chi connectivity index (χ0v) is 13.7. The molecule has 0 radical (unpaired) electrons. The molecule has 1 fully saturated rings. The molecule has 1 aliphatic rings. The van der Waals surface area contributed by atoms with Crippen LogP contribution in [0.3, 0.4) is 0 Å². The molecular formula is C15H22Cl2N2O2. The zero-order valence-electron chi connectivity index (χ0n) is 12.2. The van der Waals surface area contributed by atoms with E-state index in [1.54, 1.807) is 12.1 Å². The van der Waals surface area contributed by atoms with Crippen LogP contribution in [0.25, 0.3) is 0 Å². The Kier molecular flexibility index (Phi) is 7.86. The third-order valence-corrected chi connectivity index (χ3v) is 3.91. The van der Waals surface area contributed by atoms with E-state index in [1.807, 2.05) is 13.0 Å². The number of piperidine rings is 1. The molecular weight excluding hydrogens is 311 g/mol. The quantitative estimate of drug-likeness (QED) is 0.871. The van der Waals surface area contributed by atoms with Crippen LogP contribution in [-0.4, -0.2) is 32.1 Å². The fourth-order valence-electron chi connectivity index (χ4n) is 2.26. The van der Waals surface area contributed by atoms with Crippen molar-refractivity contribution in [1.82, 2.24) is 10.6 Å². The van der Waals surface area contributed by atoms with Crippen LogP contribution in [0.5, 0.6) is 5.75 Å². The smallest absolute Gasteiger partial charge is 0.257 e. The van der Waals surface area contributed by atoms with E-state index >= 15 is 0 Å². The van der Waals surface area contributed by atoms with Gasteiger partial charge in [-0.05, 0) is 62.5 Å². The van der Waals surface area contributed by atoms with Crippen LogP contribution in [0.4, 0.5) is 0 Å². The van der Waals surface area contributed by atoms with Gasteiger partial charge < -0.3 is 15.4 Å². The van der Waals surface area contributed by atoms with Crippen molar-refractivity contribution in [2.45, 2.75) is 19.8 Å². The third kappa shape index (κ3) is 6.12. The average molecular weight is 333 g/mol. The molecule has 1 heterocycles. The Morgan fingerprint density at radius 3 is 3.00 bits per heavy atom. The Balaban J connectivity index is 0.00000220. The van der Waals surface area contributed by atoms with Gasteiger partial charge in [-0.3, -0.25) is 4.79 Å². The lowest BCUT2D eigenvalue weighted by Crippen LogP contribution is -2.39. The number of nitrogens with one attached hydrogen (secondary N) is 2. The molecule has 0 aliphatic carbocycles. The van der Waals surface area contributed by atoms with Gasteiger partial charge in [-0.25, -0.2) is 0 Å². The highest BCUT2D eigenvalue weighted by molar-refractivity contribution is 6.31. The first-order valence-corrected chi connectivity index (χ1v) is 7.39. The van der Waals surface area contributed by atoms with E-state index in [4.69, 9.17) is 16.3 Å². The minimum Gasteiger partial charge on any atom is -0.484 e. The summed E-state index contributed by atoms with van der Waals surface area (Å²) in [7, 11) is 0. The van der Waals surface area contributed by atoms with Crippen LogP contribution in [0, 0.1) is 12.8 Å². The normalized spacial score (nSPS) is 17.7. The summed E-state index contributed by atoms with van der Waals surface area (Å²) in [6, 6.07) is 5.38. The fraction of sp³-hybridized carbons (Fsp3) is 0.533. The molecule has 6 heteroatoms. The molecule has 1 aromatic carbocycles. The first kappa shape index (κ1) is 18.1. The number of carbonyl (C=O) groups is 1. The Hall–Kier alpha value is -0.970. The Morgan fingerprint density at radius 2 is 2.33 bits per heavy atom. The Morgan fingerprint density at radius 1 is 1.52 bits per heavy atom. The second-order valence-electron chi connectivity index (χ2n) is 5.22. The summed E-state index contributed by atoms with van der Waals surface area (Å²) in [6.07, 6.45) is 2.35. The fourth-order valence-corrected chi connectivity index (χ4v) is 2.38. The maximum absolute atomic E-state index is 11.7. The standard InChI is InChI=1S/C15H21ClN2O2.ClH/c1-11-7-13(4-5-14(11)16)20-10-15(19)18-9-12-3-2-6-17-8-12;/h4-5,7,12,17H,2-3,6,8-10H2,1H3,(H,18,19);1H. The van der Waals surface area contributed by atoms with E-state index in [0.29, 0.717) is 16.7 Å². The highest BCUT2D eigenvalue weighted by Crippen LogP contribution is 2.20. The van der Waals surface area contributed by atoms with Crippen LogP contribution in [0.1, 0.15) is 18.4 Å². The molecule has 1 saturated heterocycles. The van der Waals surface area contributed by atoms with Gasteiger partial charge in [0.1, 0.15) is 5.75 Å². The zero-order chi connectivity index (χ0) is 14.4. The molecule has 0 aromatic heterocycles. The average Bonchev–Trinajstić information content (AvgIpc) is 2.47. The summed E-state index contributed by atoms with van der Waals surface area (Å²) >= 11 is 5.94. The van der Waals surface area contributed by atoms with Crippen LogP contribution in [-0.2, 0) is 4.79 Å². The number of halogens is 2. The molecule has 1 aliphatic heterocycles. The van der Waals surface area contributed by atoms with Crippen molar-refractivity contribution >= 4 is 29.9 Å². The van der Waals surface area contributed by atoms with E-state index < -0.39 is 0 Å². The van der Waals surface area contributed by atoms with E-state index in [1.165, 1.54) is 12.8 Å². The molecule has 2 N–H and O–H groups in total. The van der Waals surface area contributed by atoms with Crippen LogP contribution >= 0.6 is 24.0 Å². The van der Waals surface area contributed by atoms with Gasteiger partial charge in [0.15, 0.2) is 6.61 Å². The molecule has 1 unspecified atom stereocenters. The number of aryl methyl sites for hydroxylation is 1. The topological polar surface area (TPSA) is 50.4 Å². The summed E-state index contributed by atoms with van der Waals surface area (Å²) < 4.78 is 5.46. The molecule has 21 heavy (non-hydrogen) atoms. The second kappa shape index (κ2) is 9.13. The molecule has 0 spiro atoms. The van der Waals surface area contributed by atoms with Crippen molar-refractivity contribution in [2.24, 2.45) is 5.92 Å². The monoisotopic (exact) mass is 332 g/mol. The maximum atomic E-state index is 11.7. The highest BCUT2D eigenvalue weighted by atomic mass is 35.5. The second-order valence-corrected chi connectivity index (χ2v) is 5.62. The van der Waals surface area contributed by atoms with Gasteiger partial charge in [-0.2, -0.15) is 0 Å². The first-order valence-electron chi connectivity index (χ1n) is 7.01. The number of carbonyl (C=O) groups excluding carboxylic acids is 1. The van der Waals surface area contributed by atoms with Gasteiger partial charge in [0.05, 0.1) is 0 Å². The van der Waals surface area contributed by atoms with Gasteiger partial charge in [0.2, 0.25) is 0 Å². The van der Waals surface area contributed by atoms with Crippen molar-refractivity contribution in [1.29, 1.82) is 0 Å². The third-order valence-electron chi connectivity index (χ3n) is 3.49. The van der Waals surface area contributed by atoms with Gasteiger partial charge in [0.25, 0.3) is 5.91 Å². The molecule has 1 atom stereocenters. The maximum Gasteiger partial charge on any atom is 0.257 e. The Labute approximate surface area is 137 Å². The lowest BCUT2D eigenvalue weighted by atomic mass is 10.00. The minimum absolute atomic E-state index is 0. The van der Waals surface area contributed by atoms with Crippen molar-refractivity contribution < 1.29 is 9.53 Å². The molecule has 118 valence electrons. The number of ether oxygens (including phenoxy) is 1. The van der Waals surface area contributed by atoms with Crippen molar-refractivity contribution in [3.8, 4) is 5.75 Å². The molecule has 4 nitrogen and oxygen atoms in total. The number of hydrogen-bond acceptors (Lipinski definition) is 3. The highest BCUT2D eigenvalue weighted by Gasteiger charge is 2.13. The first-order chi connectivity index (χ1) is 9.65.